The van der Waals surface area contributed by atoms with Crippen LogP contribution in [0, 0.1) is 0 Å². The molecule has 0 aromatic heterocycles. The highest BCUT2D eigenvalue weighted by Gasteiger charge is 2.17. The van der Waals surface area contributed by atoms with Crippen LogP contribution in [0.4, 0.5) is 0 Å². The van der Waals surface area contributed by atoms with Gasteiger partial charge < -0.3 is 14.2 Å². The molecule has 0 saturated heterocycles. The van der Waals surface area contributed by atoms with E-state index in [4.69, 9.17) is 14.2 Å². The second-order valence-corrected chi connectivity index (χ2v) is 3.57. The molecule has 82 valence electrons. The van der Waals surface area contributed by atoms with Gasteiger partial charge in [0.1, 0.15) is 12.0 Å². The number of allylic oxidation sites excluding steroid dienone is 1. The van der Waals surface area contributed by atoms with Gasteiger partial charge >= 0.3 is 5.97 Å². The molecule has 0 aromatic carbocycles. The van der Waals surface area contributed by atoms with E-state index in [0.717, 1.165) is 25.7 Å². The maximum absolute atomic E-state index is 11.6. The van der Waals surface area contributed by atoms with Gasteiger partial charge in [0, 0.05) is 6.42 Å². The lowest BCUT2D eigenvalue weighted by atomic mass is 10.1. The minimum atomic E-state index is -0.313. The summed E-state index contributed by atoms with van der Waals surface area (Å²) in [6.45, 7) is 1.38. The third-order valence-electron chi connectivity index (χ3n) is 2.32. The topological polar surface area (TPSA) is 44.8 Å². The van der Waals surface area contributed by atoms with E-state index in [9.17, 15) is 4.79 Å². The number of hydrogen-bond donors (Lipinski definition) is 0. The van der Waals surface area contributed by atoms with E-state index in [0.29, 0.717) is 24.5 Å². The van der Waals surface area contributed by atoms with Gasteiger partial charge in [-0.25, -0.2) is 4.79 Å². The van der Waals surface area contributed by atoms with Crippen molar-refractivity contribution >= 4 is 5.97 Å². The van der Waals surface area contributed by atoms with Gasteiger partial charge in [-0.1, -0.05) is 0 Å². The van der Waals surface area contributed by atoms with Crippen LogP contribution in [0.2, 0.25) is 0 Å². The van der Waals surface area contributed by atoms with Gasteiger partial charge in [0.05, 0.1) is 25.0 Å². The largest absolute Gasteiger partial charge is 0.501 e. The molecule has 15 heavy (non-hydrogen) atoms. The second-order valence-electron chi connectivity index (χ2n) is 3.57. The predicted molar refractivity (Wildman–Crippen MR) is 52.6 cm³/mol. The van der Waals surface area contributed by atoms with E-state index >= 15 is 0 Å². The standard InChI is InChI=1S/C11H14O4/c12-11(9-3-1-5-13-7-9)15-10-4-2-6-14-8-10/h7-8H,1-6H2. The fourth-order valence-corrected chi connectivity index (χ4v) is 1.51. The third kappa shape index (κ3) is 2.75. The van der Waals surface area contributed by atoms with Crippen molar-refractivity contribution < 1.29 is 19.0 Å². The lowest BCUT2D eigenvalue weighted by Crippen LogP contribution is -2.13. The summed E-state index contributed by atoms with van der Waals surface area (Å²) in [6.07, 6.45) is 6.28. The van der Waals surface area contributed by atoms with Crippen LogP contribution >= 0.6 is 0 Å². The first-order chi connectivity index (χ1) is 7.36. The summed E-state index contributed by atoms with van der Waals surface area (Å²) in [5.74, 6) is 0.296. The van der Waals surface area contributed by atoms with Crippen LogP contribution in [0.15, 0.2) is 23.9 Å². The first-order valence-electron chi connectivity index (χ1n) is 5.20. The molecule has 0 atom stereocenters. The molecule has 2 aliphatic heterocycles. The average molecular weight is 210 g/mol. The van der Waals surface area contributed by atoms with E-state index in [1.54, 1.807) is 0 Å². The van der Waals surface area contributed by atoms with Gasteiger partial charge in [-0.2, -0.15) is 0 Å². The minimum Gasteiger partial charge on any atom is -0.501 e. The molecule has 0 aromatic rings. The first kappa shape index (κ1) is 10.1. The molecule has 0 aliphatic carbocycles. The summed E-state index contributed by atoms with van der Waals surface area (Å²) >= 11 is 0. The Morgan fingerprint density at radius 3 is 2.47 bits per heavy atom. The number of esters is 1. The zero-order valence-electron chi connectivity index (χ0n) is 8.53. The highest BCUT2D eigenvalue weighted by molar-refractivity contribution is 5.88. The minimum absolute atomic E-state index is 0.313. The van der Waals surface area contributed by atoms with E-state index in [2.05, 4.69) is 0 Å². The summed E-state index contributed by atoms with van der Waals surface area (Å²) in [5, 5.41) is 0. The third-order valence-corrected chi connectivity index (χ3v) is 2.32. The summed E-state index contributed by atoms with van der Waals surface area (Å²) in [6, 6.07) is 0. The Hall–Kier alpha value is -1.45. The van der Waals surface area contributed by atoms with Crippen LogP contribution < -0.4 is 0 Å². The number of carbonyl (C=O) groups is 1. The summed E-state index contributed by atoms with van der Waals surface area (Å²) in [5.41, 5.74) is 0.604. The summed E-state index contributed by atoms with van der Waals surface area (Å²) in [7, 11) is 0. The molecule has 0 N–H and O–H groups in total. The number of rotatable bonds is 2. The van der Waals surface area contributed by atoms with Crippen LogP contribution in [0.5, 0.6) is 0 Å². The lowest BCUT2D eigenvalue weighted by Gasteiger charge is -2.16. The van der Waals surface area contributed by atoms with Gasteiger partial charge in [-0.05, 0) is 19.3 Å². The Morgan fingerprint density at radius 1 is 1.13 bits per heavy atom. The molecule has 0 spiro atoms. The number of ether oxygens (including phenoxy) is 3. The molecule has 0 fully saturated rings. The Kier molecular flexibility index (Phi) is 3.27. The highest BCUT2D eigenvalue weighted by Crippen LogP contribution is 2.18. The van der Waals surface area contributed by atoms with Crippen molar-refractivity contribution in [2.75, 3.05) is 13.2 Å². The van der Waals surface area contributed by atoms with Crippen molar-refractivity contribution in [3.8, 4) is 0 Å². The molecule has 4 heteroatoms. The van der Waals surface area contributed by atoms with Gasteiger partial charge in [-0.15, -0.1) is 0 Å². The fourth-order valence-electron chi connectivity index (χ4n) is 1.51. The predicted octanol–water partition coefficient (Wildman–Crippen LogP) is 1.88. The van der Waals surface area contributed by atoms with Crippen LogP contribution in [-0.2, 0) is 19.0 Å². The first-order valence-corrected chi connectivity index (χ1v) is 5.20. The Morgan fingerprint density at radius 2 is 1.87 bits per heavy atom. The quantitative estimate of drug-likeness (QED) is 0.653. The maximum atomic E-state index is 11.6. The van der Waals surface area contributed by atoms with E-state index in [1.807, 2.05) is 0 Å². The Bertz CT molecular complexity index is 304. The molecule has 0 bridgehead atoms. The normalized spacial score (nSPS) is 20.5. The van der Waals surface area contributed by atoms with Crippen molar-refractivity contribution in [2.24, 2.45) is 0 Å². The highest BCUT2D eigenvalue weighted by atomic mass is 16.6. The number of hydrogen-bond acceptors (Lipinski definition) is 4. The van der Waals surface area contributed by atoms with E-state index < -0.39 is 0 Å². The van der Waals surface area contributed by atoms with Gasteiger partial charge in [0.25, 0.3) is 0 Å². The van der Waals surface area contributed by atoms with Crippen LogP contribution in [-0.4, -0.2) is 19.2 Å². The maximum Gasteiger partial charge on any atom is 0.342 e. The molecule has 0 amide bonds. The van der Waals surface area contributed by atoms with Crippen molar-refractivity contribution in [1.82, 2.24) is 0 Å². The number of carbonyl (C=O) groups excluding carboxylic acids is 1. The monoisotopic (exact) mass is 210 g/mol. The van der Waals surface area contributed by atoms with Crippen molar-refractivity contribution in [3.05, 3.63) is 23.9 Å². The van der Waals surface area contributed by atoms with Gasteiger partial charge in [0.15, 0.2) is 0 Å². The zero-order valence-corrected chi connectivity index (χ0v) is 8.53. The van der Waals surface area contributed by atoms with Crippen LogP contribution in [0.3, 0.4) is 0 Å². The molecule has 2 rings (SSSR count). The smallest absolute Gasteiger partial charge is 0.342 e. The van der Waals surface area contributed by atoms with E-state index in [-0.39, 0.29) is 5.97 Å². The SMILES string of the molecule is O=C(OC1=COCCC1)C1=COCCC1. The van der Waals surface area contributed by atoms with Gasteiger partial charge in [0.2, 0.25) is 0 Å². The molecule has 0 radical (unpaired) electrons. The van der Waals surface area contributed by atoms with Gasteiger partial charge in [-0.3, -0.25) is 0 Å². The summed E-state index contributed by atoms with van der Waals surface area (Å²) in [4.78, 5) is 11.6. The molecule has 4 nitrogen and oxygen atoms in total. The zero-order chi connectivity index (χ0) is 10.5. The lowest BCUT2D eigenvalue weighted by molar-refractivity contribution is -0.136. The molecule has 0 unspecified atom stereocenters. The van der Waals surface area contributed by atoms with Crippen LogP contribution in [0.1, 0.15) is 25.7 Å². The van der Waals surface area contributed by atoms with Crippen molar-refractivity contribution in [3.63, 3.8) is 0 Å². The Balaban J connectivity index is 1.90. The molecular weight excluding hydrogens is 196 g/mol. The fraction of sp³-hybridized carbons (Fsp3) is 0.545. The molecule has 2 heterocycles. The Labute approximate surface area is 88.5 Å². The van der Waals surface area contributed by atoms with Crippen LogP contribution in [0.25, 0.3) is 0 Å². The molecular formula is C11H14O4. The average Bonchev–Trinajstić information content (AvgIpc) is 2.31. The molecule has 2 aliphatic rings. The summed E-state index contributed by atoms with van der Waals surface area (Å²) < 4.78 is 15.3. The van der Waals surface area contributed by atoms with Crippen molar-refractivity contribution in [2.45, 2.75) is 25.7 Å². The van der Waals surface area contributed by atoms with Crippen molar-refractivity contribution in [1.29, 1.82) is 0 Å². The molecule has 0 saturated carbocycles. The van der Waals surface area contributed by atoms with E-state index in [1.165, 1.54) is 12.5 Å². The second kappa shape index (κ2) is 4.87.